The predicted octanol–water partition coefficient (Wildman–Crippen LogP) is 2.24. The van der Waals surface area contributed by atoms with E-state index in [0.717, 1.165) is 0 Å². The van der Waals surface area contributed by atoms with E-state index in [1.807, 2.05) is 0 Å². The molecule has 1 atom stereocenters. The first-order chi connectivity index (χ1) is 9.35. The number of ether oxygens (including phenoxy) is 1. The number of benzene rings is 1. The maximum atomic E-state index is 13.4. The number of carbonyl (C=O) groups is 1. The van der Waals surface area contributed by atoms with Crippen molar-refractivity contribution in [1.29, 1.82) is 0 Å². The molecule has 0 aliphatic carbocycles. The van der Waals surface area contributed by atoms with Gasteiger partial charge in [-0.05, 0) is 18.6 Å². The lowest BCUT2D eigenvalue weighted by Crippen LogP contribution is -2.27. The van der Waals surface area contributed by atoms with E-state index in [2.05, 4.69) is 4.74 Å². The molecular weight excluding hydrogens is 279 g/mol. The first kappa shape index (κ1) is 15.9. The van der Waals surface area contributed by atoms with Crippen molar-refractivity contribution in [2.24, 2.45) is 0 Å². The van der Waals surface area contributed by atoms with Gasteiger partial charge in [-0.3, -0.25) is 14.9 Å². The molecule has 8 heteroatoms. The van der Waals surface area contributed by atoms with Crippen LogP contribution in [0.4, 0.5) is 13.2 Å². The highest BCUT2D eigenvalue weighted by Crippen LogP contribution is 2.17. The highest BCUT2D eigenvalue weighted by molar-refractivity contribution is 5.69. The fourth-order valence-electron chi connectivity index (χ4n) is 1.61. The van der Waals surface area contributed by atoms with Crippen LogP contribution < -0.4 is 0 Å². The van der Waals surface area contributed by atoms with Gasteiger partial charge >= 0.3 is 5.97 Å². The van der Waals surface area contributed by atoms with Crippen LogP contribution in [0, 0.1) is 27.6 Å². The highest BCUT2D eigenvalue weighted by atomic mass is 19.2. The molecule has 0 aliphatic rings. The van der Waals surface area contributed by atoms with Crippen LogP contribution >= 0.6 is 0 Å². The Hall–Kier alpha value is -2.12. The Labute approximate surface area is 112 Å². The van der Waals surface area contributed by atoms with E-state index in [9.17, 15) is 28.1 Å². The van der Waals surface area contributed by atoms with Gasteiger partial charge in [-0.25, -0.2) is 13.2 Å². The zero-order valence-corrected chi connectivity index (χ0v) is 10.6. The quantitative estimate of drug-likeness (QED) is 0.349. The van der Waals surface area contributed by atoms with E-state index < -0.39 is 47.2 Å². The summed E-state index contributed by atoms with van der Waals surface area (Å²) in [6.07, 6.45) is -1.10. The Balaban J connectivity index is 2.88. The zero-order chi connectivity index (χ0) is 15.3. The number of rotatable bonds is 6. The Morgan fingerprint density at radius 1 is 1.30 bits per heavy atom. The summed E-state index contributed by atoms with van der Waals surface area (Å²) < 4.78 is 43.7. The minimum absolute atomic E-state index is 0.0583. The lowest BCUT2D eigenvalue weighted by molar-refractivity contribution is -0.521. The first-order valence-electron chi connectivity index (χ1n) is 5.77. The molecule has 20 heavy (non-hydrogen) atoms. The van der Waals surface area contributed by atoms with Crippen molar-refractivity contribution in [3.8, 4) is 0 Å². The zero-order valence-electron chi connectivity index (χ0n) is 10.6. The lowest BCUT2D eigenvalue weighted by atomic mass is 10.0. The van der Waals surface area contributed by atoms with Crippen molar-refractivity contribution < 1.29 is 27.6 Å². The van der Waals surface area contributed by atoms with Gasteiger partial charge in [-0.1, -0.05) is 0 Å². The highest BCUT2D eigenvalue weighted by Gasteiger charge is 2.27. The van der Waals surface area contributed by atoms with Gasteiger partial charge in [0.25, 0.3) is 0 Å². The predicted molar refractivity (Wildman–Crippen MR) is 62.1 cm³/mol. The van der Waals surface area contributed by atoms with Crippen LogP contribution in [0.1, 0.15) is 18.9 Å². The number of halogens is 3. The van der Waals surface area contributed by atoms with E-state index in [0.29, 0.717) is 12.1 Å². The molecule has 0 heterocycles. The van der Waals surface area contributed by atoms with Gasteiger partial charge < -0.3 is 4.74 Å². The summed E-state index contributed by atoms with van der Waals surface area (Å²) in [7, 11) is 0. The second kappa shape index (κ2) is 6.88. The largest absolute Gasteiger partial charge is 0.466 e. The SMILES string of the molecule is CCOC(=O)C[C@@H](Cc1cc(F)c(F)cc1F)[N+](=O)[O-]. The number of nitrogens with zero attached hydrogens (tertiary/aromatic N) is 1. The molecule has 0 saturated heterocycles. The van der Waals surface area contributed by atoms with Gasteiger partial charge in [0.15, 0.2) is 11.6 Å². The van der Waals surface area contributed by atoms with Crippen LogP contribution in [0.25, 0.3) is 0 Å². The molecule has 0 aromatic heterocycles. The standard InChI is InChI=1S/C12H12F3NO4/c1-2-20-12(17)5-8(16(18)19)3-7-4-10(14)11(15)6-9(7)13/h4,6,8H,2-3,5H2,1H3/t8-/m1/s1. The van der Waals surface area contributed by atoms with Gasteiger partial charge in [0.1, 0.15) is 12.2 Å². The van der Waals surface area contributed by atoms with E-state index >= 15 is 0 Å². The van der Waals surface area contributed by atoms with E-state index in [1.54, 1.807) is 0 Å². The first-order valence-corrected chi connectivity index (χ1v) is 5.77. The molecule has 1 aromatic carbocycles. The Kier molecular flexibility index (Phi) is 5.48. The smallest absolute Gasteiger partial charge is 0.312 e. The van der Waals surface area contributed by atoms with Gasteiger partial charge in [0, 0.05) is 17.4 Å². The topological polar surface area (TPSA) is 69.4 Å². The monoisotopic (exact) mass is 291 g/mol. The van der Waals surface area contributed by atoms with E-state index in [1.165, 1.54) is 6.92 Å². The maximum Gasteiger partial charge on any atom is 0.312 e. The van der Waals surface area contributed by atoms with Crippen molar-refractivity contribution in [2.75, 3.05) is 6.61 Å². The minimum atomic E-state index is -1.46. The number of carbonyl (C=O) groups excluding carboxylic acids is 1. The molecular formula is C12H12F3NO4. The average molecular weight is 291 g/mol. The molecule has 1 rings (SSSR count). The summed E-state index contributed by atoms with van der Waals surface area (Å²) in [6, 6.07) is -0.605. The molecule has 0 spiro atoms. The fraction of sp³-hybridized carbons (Fsp3) is 0.417. The molecule has 0 radical (unpaired) electrons. The number of nitro groups is 1. The summed E-state index contributed by atoms with van der Waals surface area (Å²) in [5, 5.41) is 10.8. The molecule has 0 N–H and O–H groups in total. The molecule has 110 valence electrons. The van der Waals surface area contributed by atoms with Crippen molar-refractivity contribution in [1.82, 2.24) is 0 Å². The third kappa shape index (κ3) is 4.22. The average Bonchev–Trinajstić information content (AvgIpc) is 2.35. The summed E-state index contributed by atoms with van der Waals surface area (Å²) in [4.78, 5) is 21.2. The van der Waals surface area contributed by atoms with Crippen LogP contribution in [-0.2, 0) is 16.0 Å². The Morgan fingerprint density at radius 3 is 2.45 bits per heavy atom. The van der Waals surface area contributed by atoms with E-state index in [4.69, 9.17) is 0 Å². The van der Waals surface area contributed by atoms with Crippen LogP contribution in [0.3, 0.4) is 0 Å². The van der Waals surface area contributed by atoms with Gasteiger partial charge in [-0.2, -0.15) is 0 Å². The minimum Gasteiger partial charge on any atom is -0.466 e. The summed E-state index contributed by atoms with van der Waals surface area (Å²) in [6.45, 7) is 1.59. The molecule has 0 saturated carbocycles. The molecule has 1 aromatic rings. The second-order valence-electron chi connectivity index (χ2n) is 4.01. The third-order valence-corrected chi connectivity index (χ3v) is 2.55. The molecule has 0 unspecified atom stereocenters. The van der Waals surface area contributed by atoms with Crippen LogP contribution in [0.2, 0.25) is 0 Å². The normalized spacial score (nSPS) is 12.0. The Bertz CT molecular complexity index is 522. The van der Waals surface area contributed by atoms with E-state index in [-0.39, 0.29) is 12.2 Å². The fourth-order valence-corrected chi connectivity index (χ4v) is 1.61. The molecule has 0 bridgehead atoms. The Morgan fingerprint density at radius 2 is 1.90 bits per heavy atom. The van der Waals surface area contributed by atoms with Crippen molar-refractivity contribution in [3.63, 3.8) is 0 Å². The third-order valence-electron chi connectivity index (χ3n) is 2.55. The molecule has 0 fully saturated rings. The van der Waals surface area contributed by atoms with Gasteiger partial charge in [-0.15, -0.1) is 0 Å². The molecule has 0 amide bonds. The number of hydrogen-bond acceptors (Lipinski definition) is 4. The van der Waals surface area contributed by atoms with Gasteiger partial charge in [0.2, 0.25) is 6.04 Å². The van der Waals surface area contributed by atoms with Crippen LogP contribution in [-0.4, -0.2) is 23.5 Å². The van der Waals surface area contributed by atoms with Gasteiger partial charge in [0.05, 0.1) is 6.61 Å². The molecule has 0 aliphatic heterocycles. The number of hydrogen-bond donors (Lipinski definition) is 0. The van der Waals surface area contributed by atoms with Crippen molar-refractivity contribution in [2.45, 2.75) is 25.8 Å². The summed E-state index contributed by atoms with van der Waals surface area (Å²) in [5.74, 6) is -4.59. The van der Waals surface area contributed by atoms with Crippen molar-refractivity contribution in [3.05, 3.63) is 45.3 Å². The maximum absolute atomic E-state index is 13.4. The summed E-state index contributed by atoms with van der Waals surface area (Å²) in [5.41, 5.74) is -0.366. The summed E-state index contributed by atoms with van der Waals surface area (Å²) >= 11 is 0. The second-order valence-corrected chi connectivity index (χ2v) is 4.01. The van der Waals surface area contributed by atoms with Crippen LogP contribution in [0.5, 0.6) is 0 Å². The number of esters is 1. The van der Waals surface area contributed by atoms with Crippen molar-refractivity contribution >= 4 is 5.97 Å². The molecule has 5 nitrogen and oxygen atoms in total. The van der Waals surface area contributed by atoms with Crippen LogP contribution in [0.15, 0.2) is 12.1 Å². The lowest BCUT2D eigenvalue weighted by Gasteiger charge is -2.10.